The molecule has 0 aliphatic carbocycles. The number of aromatic nitrogens is 1. The molecule has 1 aliphatic heterocycles. The molecule has 0 N–H and O–H groups in total. The predicted octanol–water partition coefficient (Wildman–Crippen LogP) is 4.53. The number of nitro groups is 1. The van der Waals surface area contributed by atoms with E-state index in [9.17, 15) is 10.1 Å². The van der Waals surface area contributed by atoms with Crippen LogP contribution in [0.3, 0.4) is 0 Å². The van der Waals surface area contributed by atoms with E-state index in [1.54, 1.807) is 18.5 Å². The molecule has 1 saturated heterocycles. The summed E-state index contributed by atoms with van der Waals surface area (Å²) in [5.41, 5.74) is 1.71. The summed E-state index contributed by atoms with van der Waals surface area (Å²) < 4.78 is 5.88. The van der Waals surface area contributed by atoms with Crippen molar-refractivity contribution in [1.29, 1.82) is 0 Å². The van der Waals surface area contributed by atoms with Crippen molar-refractivity contribution >= 4 is 44.7 Å². The smallest absolute Gasteiger partial charge is 0.273 e. The third kappa shape index (κ3) is 3.83. The number of nitrogens with zero attached hydrogens (tertiary/aromatic N) is 4. The van der Waals surface area contributed by atoms with E-state index in [0.717, 1.165) is 50.5 Å². The molecule has 0 spiro atoms. The van der Waals surface area contributed by atoms with E-state index in [2.05, 4.69) is 32.4 Å². The third-order valence-electron chi connectivity index (χ3n) is 5.29. The molecule has 0 saturated carbocycles. The molecule has 3 aromatic rings. The lowest BCUT2D eigenvalue weighted by molar-refractivity contribution is -0.385. The second kappa shape index (κ2) is 8.03. The Hall–Kier alpha value is -2.22. The maximum absolute atomic E-state index is 11.0. The molecule has 28 heavy (non-hydrogen) atoms. The standard InChI is InChI=1S/C20H21ClN4O2S/c1-14-12-15(17(21)13-18(14)25(26)27)6-7-23-8-10-24(11-9-23)20-16-4-2-3-5-19(16)28-22-20/h2-5,12-13H,6-11H2,1H3. The molecule has 0 amide bonds. The Morgan fingerprint density at radius 1 is 1.21 bits per heavy atom. The molecule has 8 heteroatoms. The number of fused-ring (bicyclic) bond motifs is 1. The van der Waals surface area contributed by atoms with Crippen molar-refractivity contribution in [3.05, 3.63) is 62.7 Å². The van der Waals surface area contributed by atoms with E-state index in [-0.39, 0.29) is 10.6 Å². The van der Waals surface area contributed by atoms with Gasteiger partial charge in [0.05, 0.1) is 14.6 Å². The molecule has 0 atom stereocenters. The molecule has 0 bridgehead atoms. The van der Waals surface area contributed by atoms with E-state index in [4.69, 9.17) is 11.6 Å². The summed E-state index contributed by atoms with van der Waals surface area (Å²) in [5, 5.41) is 12.7. The van der Waals surface area contributed by atoms with E-state index in [1.807, 2.05) is 12.1 Å². The predicted molar refractivity (Wildman–Crippen MR) is 115 cm³/mol. The Labute approximate surface area is 172 Å². The van der Waals surface area contributed by atoms with Gasteiger partial charge in [0.25, 0.3) is 5.69 Å². The molecule has 2 aromatic carbocycles. The molecule has 6 nitrogen and oxygen atoms in total. The van der Waals surface area contributed by atoms with Gasteiger partial charge in [-0.15, -0.1) is 0 Å². The first-order valence-electron chi connectivity index (χ1n) is 9.28. The highest BCUT2D eigenvalue weighted by molar-refractivity contribution is 7.13. The number of halogens is 1. The number of rotatable bonds is 5. The van der Waals surface area contributed by atoms with Crippen molar-refractivity contribution in [3.8, 4) is 0 Å². The van der Waals surface area contributed by atoms with E-state index >= 15 is 0 Å². The summed E-state index contributed by atoms with van der Waals surface area (Å²) in [7, 11) is 0. The minimum atomic E-state index is -0.383. The van der Waals surface area contributed by atoms with E-state index in [1.165, 1.54) is 16.2 Å². The number of hydrogen-bond acceptors (Lipinski definition) is 6. The summed E-state index contributed by atoms with van der Waals surface area (Å²) in [6.45, 7) is 6.48. The second-order valence-corrected chi connectivity index (χ2v) is 8.28. The molecule has 1 fully saturated rings. The maximum atomic E-state index is 11.0. The van der Waals surface area contributed by atoms with Crippen molar-refractivity contribution in [1.82, 2.24) is 9.27 Å². The number of benzene rings is 2. The average Bonchev–Trinajstić information content (AvgIpc) is 3.12. The Balaban J connectivity index is 1.36. The summed E-state index contributed by atoms with van der Waals surface area (Å²) >= 11 is 7.83. The van der Waals surface area contributed by atoms with E-state index < -0.39 is 0 Å². The van der Waals surface area contributed by atoms with Gasteiger partial charge in [-0.3, -0.25) is 15.0 Å². The lowest BCUT2D eigenvalue weighted by Gasteiger charge is -2.35. The Bertz CT molecular complexity index is 1010. The topological polar surface area (TPSA) is 62.5 Å². The summed E-state index contributed by atoms with van der Waals surface area (Å²) in [4.78, 5) is 15.4. The first-order valence-corrected chi connectivity index (χ1v) is 10.4. The second-order valence-electron chi connectivity index (χ2n) is 7.07. The highest BCUT2D eigenvalue weighted by Crippen LogP contribution is 2.30. The highest BCUT2D eigenvalue weighted by Gasteiger charge is 2.21. The van der Waals surface area contributed by atoms with Crippen LogP contribution in [0.2, 0.25) is 5.02 Å². The van der Waals surface area contributed by atoms with Gasteiger partial charge in [-0.25, -0.2) is 0 Å². The molecule has 0 unspecified atom stereocenters. The Kier molecular flexibility index (Phi) is 5.48. The summed E-state index contributed by atoms with van der Waals surface area (Å²) in [6, 6.07) is 11.7. The van der Waals surface area contributed by atoms with Gasteiger partial charge in [-0.2, -0.15) is 4.37 Å². The molecule has 2 heterocycles. The van der Waals surface area contributed by atoms with Gasteiger partial charge < -0.3 is 4.90 Å². The first kappa shape index (κ1) is 19.1. The third-order valence-corrected chi connectivity index (χ3v) is 6.46. The van der Waals surface area contributed by atoms with Crippen LogP contribution in [0.4, 0.5) is 11.5 Å². The minimum absolute atomic E-state index is 0.0813. The van der Waals surface area contributed by atoms with Crippen molar-refractivity contribution in [3.63, 3.8) is 0 Å². The van der Waals surface area contributed by atoms with Gasteiger partial charge in [-0.1, -0.05) is 23.7 Å². The Morgan fingerprint density at radius 2 is 1.96 bits per heavy atom. The monoisotopic (exact) mass is 416 g/mol. The van der Waals surface area contributed by atoms with Gasteiger partial charge in [0, 0.05) is 49.7 Å². The van der Waals surface area contributed by atoms with Crippen LogP contribution in [0.1, 0.15) is 11.1 Å². The molecular formula is C20H21ClN4O2S. The molecule has 1 aromatic heterocycles. The van der Waals surface area contributed by atoms with Gasteiger partial charge >= 0.3 is 0 Å². The lowest BCUT2D eigenvalue weighted by atomic mass is 10.1. The number of hydrogen-bond donors (Lipinski definition) is 0. The van der Waals surface area contributed by atoms with Crippen LogP contribution in [-0.4, -0.2) is 46.9 Å². The quantitative estimate of drug-likeness (QED) is 0.451. The average molecular weight is 417 g/mol. The van der Waals surface area contributed by atoms with Crippen molar-refractivity contribution < 1.29 is 4.92 Å². The van der Waals surface area contributed by atoms with Gasteiger partial charge in [0.1, 0.15) is 5.82 Å². The SMILES string of the molecule is Cc1cc(CCN2CCN(c3nsc4ccccc34)CC2)c(Cl)cc1[N+](=O)[O-]. The largest absolute Gasteiger partial charge is 0.353 e. The van der Waals surface area contributed by atoms with Crippen LogP contribution in [0.15, 0.2) is 36.4 Å². The summed E-state index contributed by atoms with van der Waals surface area (Å²) in [6.07, 6.45) is 0.789. The molecule has 4 rings (SSSR count). The lowest BCUT2D eigenvalue weighted by Crippen LogP contribution is -2.47. The maximum Gasteiger partial charge on any atom is 0.273 e. The molecule has 1 aliphatic rings. The van der Waals surface area contributed by atoms with Gasteiger partial charge in [-0.05, 0) is 48.6 Å². The number of nitro benzene ring substituents is 1. The zero-order valence-electron chi connectivity index (χ0n) is 15.6. The zero-order valence-corrected chi connectivity index (χ0v) is 17.2. The fraction of sp³-hybridized carbons (Fsp3) is 0.350. The van der Waals surface area contributed by atoms with Crippen LogP contribution in [-0.2, 0) is 6.42 Å². The van der Waals surface area contributed by atoms with Crippen molar-refractivity contribution in [2.75, 3.05) is 37.6 Å². The van der Waals surface area contributed by atoms with Gasteiger partial charge in [0.2, 0.25) is 0 Å². The molecule has 0 radical (unpaired) electrons. The zero-order chi connectivity index (χ0) is 19.7. The van der Waals surface area contributed by atoms with Crippen LogP contribution in [0.25, 0.3) is 10.1 Å². The first-order chi connectivity index (χ1) is 13.5. The van der Waals surface area contributed by atoms with Crippen molar-refractivity contribution in [2.45, 2.75) is 13.3 Å². The van der Waals surface area contributed by atoms with Crippen molar-refractivity contribution in [2.24, 2.45) is 0 Å². The van der Waals surface area contributed by atoms with E-state index in [0.29, 0.717) is 10.6 Å². The van der Waals surface area contributed by atoms with Gasteiger partial charge in [0.15, 0.2) is 0 Å². The summed E-state index contributed by atoms with van der Waals surface area (Å²) in [5.74, 6) is 1.09. The fourth-order valence-corrected chi connectivity index (χ4v) is 4.73. The molecular weight excluding hydrogens is 396 g/mol. The van der Waals surface area contributed by atoms with Crippen LogP contribution in [0, 0.1) is 17.0 Å². The number of piperazine rings is 1. The molecule has 146 valence electrons. The van der Waals surface area contributed by atoms with Crippen LogP contribution >= 0.6 is 23.1 Å². The number of aryl methyl sites for hydroxylation is 1. The highest BCUT2D eigenvalue weighted by atomic mass is 35.5. The minimum Gasteiger partial charge on any atom is -0.353 e. The fourth-order valence-electron chi connectivity index (χ4n) is 3.68. The van der Waals surface area contributed by atoms with Crippen LogP contribution < -0.4 is 4.90 Å². The van der Waals surface area contributed by atoms with Crippen LogP contribution in [0.5, 0.6) is 0 Å². The normalized spacial score (nSPS) is 15.3. The number of anilines is 1. The Morgan fingerprint density at radius 3 is 2.71 bits per heavy atom.